The number of hydrogen-bond donors (Lipinski definition) is 2. The van der Waals surface area contributed by atoms with Gasteiger partial charge in [-0.25, -0.2) is 19.0 Å². The van der Waals surface area contributed by atoms with E-state index in [0.717, 1.165) is 6.42 Å². The molecule has 7 nitrogen and oxygen atoms in total. The van der Waals surface area contributed by atoms with Gasteiger partial charge in [0.05, 0.1) is 12.3 Å². The number of aromatic nitrogens is 2. The monoisotopic (exact) mass is 305 g/mol. The van der Waals surface area contributed by atoms with Crippen molar-refractivity contribution in [2.24, 2.45) is 0 Å². The average Bonchev–Trinajstić information content (AvgIpc) is 2.87. The molecule has 0 saturated carbocycles. The van der Waals surface area contributed by atoms with Crippen LogP contribution in [0.25, 0.3) is 0 Å². The first-order valence-corrected chi connectivity index (χ1v) is 7.23. The number of nitrogen functional groups attached to an aromatic ring is 1. The van der Waals surface area contributed by atoms with Crippen LogP contribution in [0.3, 0.4) is 0 Å². The zero-order valence-electron chi connectivity index (χ0n) is 10.9. The second kappa shape index (κ2) is 7.02. The van der Waals surface area contributed by atoms with Crippen LogP contribution in [0.4, 0.5) is 10.2 Å². The Balaban J connectivity index is 1.94. The Hall–Kier alpha value is -1.16. The third-order valence-corrected chi connectivity index (χ3v) is 3.69. The average molecular weight is 305 g/mol. The lowest BCUT2D eigenvalue weighted by Crippen LogP contribution is -2.21. The molecule has 1 fully saturated rings. The fourth-order valence-corrected chi connectivity index (χ4v) is 2.66. The van der Waals surface area contributed by atoms with E-state index in [1.54, 1.807) is 0 Å². The van der Waals surface area contributed by atoms with Crippen LogP contribution in [0.2, 0.25) is 0 Å². The van der Waals surface area contributed by atoms with Crippen LogP contribution >= 0.6 is 11.8 Å². The Morgan fingerprint density at radius 2 is 2.40 bits per heavy atom. The maximum absolute atomic E-state index is 13.8. The number of anilines is 1. The highest BCUT2D eigenvalue weighted by Gasteiger charge is 2.31. The normalized spacial score (nSPS) is 22.3. The Bertz CT molecular complexity index is 513. The van der Waals surface area contributed by atoms with Gasteiger partial charge in [0, 0.05) is 5.75 Å². The number of nitrogens with zero attached hydrogens (tertiary/aromatic N) is 1. The minimum absolute atomic E-state index is 0.0203. The molecule has 9 heteroatoms. The van der Waals surface area contributed by atoms with Gasteiger partial charge in [-0.15, -0.1) is 11.8 Å². The summed E-state index contributed by atoms with van der Waals surface area (Å²) in [5, 5.41) is 0. The maximum atomic E-state index is 13.8. The number of hydrogen-bond acceptors (Lipinski definition) is 7. The van der Waals surface area contributed by atoms with Crippen LogP contribution in [-0.2, 0) is 14.5 Å². The van der Waals surface area contributed by atoms with E-state index in [9.17, 15) is 9.18 Å². The van der Waals surface area contributed by atoms with E-state index in [1.165, 1.54) is 11.8 Å². The molecule has 1 aromatic rings. The zero-order valence-corrected chi connectivity index (χ0v) is 11.7. The molecule has 1 saturated heterocycles. The van der Waals surface area contributed by atoms with Gasteiger partial charge in [0.1, 0.15) is 18.1 Å². The van der Waals surface area contributed by atoms with Gasteiger partial charge in [0.25, 0.3) is 0 Å². The third kappa shape index (κ3) is 3.69. The van der Waals surface area contributed by atoms with Gasteiger partial charge in [-0.1, -0.05) is 6.92 Å². The number of aromatic amines is 1. The van der Waals surface area contributed by atoms with Crippen molar-refractivity contribution in [2.45, 2.75) is 24.9 Å². The highest BCUT2D eigenvalue weighted by Crippen LogP contribution is 2.35. The first-order valence-electron chi connectivity index (χ1n) is 6.18. The predicted octanol–water partition coefficient (Wildman–Crippen LogP) is 0.980. The molecular formula is C11H16FN3O4S. The van der Waals surface area contributed by atoms with Crippen molar-refractivity contribution < 1.29 is 18.9 Å². The lowest BCUT2D eigenvalue weighted by Gasteiger charge is -2.13. The number of ether oxygens (including phenoxy) is 1. The minimum atomic E-state index is -0.751. The minimum Gasteiger partial charge on any atom is -0.381 e. The molecule has 2 rings (SSSR count). The number of thioether (sulfide) groups is 1. The molecule has 0 aliphatic carbocycles. The molecule has 3 N–H and O–H groups in total. The standard InChI is InChI=1S/C11H16FN3O4S/c1-2-3-17-18-4-7-19-6(5-20-7)9-8(12)10(13)15-11(16)14-9/h6-7H,2-5H2,1H3,(H3,13,14,15,16)/t6-,7+/m1/s1. The van der Waals surface area contributed by atoms with Gasteiger partial charge in [-0.2, -0.15) is 4.98 Å². The lowest BCUT2D eigenvalue weighted by atomic mass is 10.2. The van der Waals surface area contributed by atoms with Gasteiger partial charge >= 0.3 is 5.69 Å². The summed E-state index contributed by atoms with van der Waals surface area (Å²) in [6.45, 7) is 2.70. The molecule has 2 atom stereocenters. The van der Waals surface area contributed by atoms with E-state index in [1.807, 2.05) is 6.92 Å². The third-order valence-electron chi connectivity index (χ3n) is 2.57. The van der Waals surface area contributed by atoms with Crippen LogP contribution in [-0.4, -0.2) is 34.4 Å². The number of halogens is 1. The highest BCUT2D eigenvalue weighted by molar-refractivity contribution is 8.00. The number of rotatable bonds is 6. The Kier molecular flexibility index (Phi) is 5.35. The largest absolute Gasteiger partial charge is 0.381 e. The fraction of sp³-hybridized carbons (Fsp3) is 0.636. The molecule has 0 unspecified atom stereocenters. The molecule has 0 radical (unpaired) electrons. The van der Waals surface area contributed by atoms with Crippen molar-refractivity contribution in [1.29, 1.82) is 0 Å². The van der Waals surface area contributed by atoms with Crippen LogP contribution in [0, 0.1) is 5.82 Å². The molecule has 1 aromatic heterocycles. The van der Waals surface area contributed by atoms with E-state index in [4.69, 9.17) is 20.2 Å². The van der Waals surface area contributed by atoms with Crippen molar-refractivity contribution in [3.63, 3.8) is 0 Å². The van der Waals surface area contributed by atoms with E-state index >= 15 is 0 Å². The maximum Gasteiger partial charge on any atom is 0.347 e. The first-order chi connectivity index (χ1) is 9.61. The smallest absolute Gasteiger partial charge is 0.347 e. The Morgan fingerprint density at radius 3 is 3.15 bits per heavy atom. The quantitative estimate of drug-likeness (QED) is 0.459. The van der Waals surface area contributed by atoms with Gasteiger partial charge in [-0.05, 0) is 6.42 Å². The van der Waals surface area contributed by atoms with Crippen molar-refractivity contribution in [3.8, 4) is 0 Å². The summed E-state index contributed by atoms with van der Waals surface area (Å²) in [4.78, 5) is 26.7. The summed E-state index contributed by atoms with van der Waals surface area (Å²) in [6, 6.07) is 0. The van der Waals surface area contributed by atoms with Crippen LogP contribution in [0.1, 0.15) is 25.1 Å². The molecule has 0 spiro atoms. The molecule has 0 aromatic carbocycles. The summed E-state index contributed by atoms with van der Waals surface area (Å²) in [6.07, 6.45) is 0.266. The molecule has 0 amide bonds. The summed E-state index contributed by atoms with van der Waals surface area (Å²) in [7, 11) is 0. The Labute approximate surface area is 118 Å². The summed E-state index contributed by atoms with van der Waals surface area (Å²) in [5.74, 6) is -0.694. The number of H-pyrrole nitrogens is 1. The Morgan fingerprint density at radius 1 is 1.60 bits per heavy atom. The van der Waals surface area contributed by atoms with E-state index < -0.39 is 23.4 Å². The molecule has 0 bridgehead atoms. The van der Waals surface area contributed by atoms with E-state index in [2.05, 4.69) is 9.97 Å². The first kappa shape index (κ1) is 15.2. The van der Waals surface area contributed by atoms with Crippen LogP contribution in [0.5, 0.6) is 0 Å². The molecule has 20 heavy (non-hydrogen) atoms. The second-order valence-electron chi connectivity index (χ2n) is 4.15. The second-order valence-corrected chi connectivity index (χ2v) is 5.34. The molecular weight excluding hydrogens is 289 g/mol. The van der Waals surface area contributed by atoms with Gasteiger partial charge < -0.3 is 15.5 Å². The number of nitrogens with two attached hydrogens (primary N) is 1. The van der Waals surface area contributed by atoms with Crippen molar-refractivity contribution in [3.05, 3.63) is 22.0 Å². The molecule has 1 aliphatic heterocycles. The molecule has 2 heterocycles. The predicted molar refractivity (Wildman–Crippen MR) is 71.5 cm³/mol. The lowest BCUT2D eigenvalue weighted by molar-refractivity contribution is -0.302. The van der Waals surface area contributed by atoms with Crippen LogP contribution in [0.15, 0.2) is 4.79 Å². The molecule has 112 valence electrons. The number of nitrogens with one attached hydrogen (secondary N) is 1. The topological polar surface area (TPSA) is 99.5 Å². The SMILES string of the molecule is CCCOOC[C@H]1O[C@@H](c2[nH]c(=O)nc(N)c2F)CS1. The van der Waals surface area contributed by atoms with Crippen LogP contribution < -0.4 is 11.4 Å². The van der Waals surface area contributed by atoms with Gasteiger partial charge in [0.15, 0.2) is 11.6 Å². The van der Waals surface area contributed by atoms with Crippen molar-refractivity contribution in [1.82, 2.24) is 9.97 Å². The van der Waals surface area contributed by atoms with Gasteiger partial charge in [-0.3, -0.25) is 0 Å². The summed E-state index contributed by atoms with van der Waals surface area (Å²) < 4.78 is 19.4. The highest BCUT2D eigenvalue weighted by atomic mass is 32.2. The van der Waals surface area contributed by atoms with E-state index in [0.29, 0.717) is 12.4 Å². The molecule has 1 aliphatic rings. The van der Waals surface area contributed by atoms with Crippen molar-refractivity contribution in [2.75, 3.05) is 24.7 Å². The summed E-state index contributed by atoms with van der Waals surface area (Å²) >= 11 is 1.45. The van der Waals surface area contributed by atoms with E-state index in [-0.39, 0.29) is 17.7 Å². The van der Waals surface area contributed by atoms with Gasteiger partial charge in [0.2, 0.25) is 0 Å². The van der Waals surface area contributed by atoms with Crippen molar-refractivity contribution >= 4 is 17.6 Å². The summed E-state index contributed by atoms with van der Waals surface area (Å²) in [5.41, 5.74) is 4.37. The zero-order chi connectivity index (χ0) is 14.5. The fourth-order valence-electron chi connectivity index (χ4n) is 1.66.